The SMILES string of the molecule is CCOC(=O)c1sc(-c2ccc3[nH]c(C)c(C#N)c3c2)nc1C.[HH]. The Kier molecular flexibility index (Phi) is 3.89. The quantitative estimate of drug-likeness (QED) is 0.731. The van der Waals surface area contributed by atoms with Gasteiger partial charge in [0.05, 0.1) is 17.9 Å². The summed E-state index contributed by atoms with van der Waals surface area (Å²) in [6.07, 6.45) is 0. The molecule has 0 aliphatic heterocycles. The minimum atomic E-state index is -0.343. The molecule has 0 saturated carbocycles. The van der Waals surface area contributed by atoms with E-state index in [1.165, 1.54) is 11.3 Å². The van der Waals surface area contributed by atoms with Gasteiger partial charge in [0.2, 0.25) is 0 Å². The number of nitriles is 1. The van der Waals surface area contributed by atoms with Crippen molar-refractivity contribution >= 4 is 28.2 Å². The Morgan fingerprint density at radius 3 is 2.96 bits per heavy atom. The van der Waals surface area contributed by atoms with E-state index in [1.54, 1.807) is 13.8 Å². The summed E-state index contributed by atoms with van der Waals surface area (Å²) in [5, 5.41) is 10.9. The van der Waals surface area contributed by atoms with Gasteiger partial charge >= 0.3 is 5.97 Å². The molecule has 6 heteroatoms. The highest BCUT2D eigenvalue weighted by molar-refractivity contribution is 7.17. The Morgan fingerprint density at radius 1 is 1.48 bits per heavy atom. The first kappa shape index (κ1) is 15.3. The van der Waals surface area contributed by atoms with Crippen LogP contribution in [0.4, 0.5) is 0 Å². The molecular formula is C17H17N3O2S. The molecule has 0 unspecified atom stereocenters. The van der Waals surface area contributed by atoms with Crippen LogP contribution in [0.15, 0.2) is 18.2 Å². The average Bonchev–Trinajstić information content (AvgIpc) is 3.06. The van der Waals surface area contributed by atoms with Gasteiger partial charge in [-0.15, -0.1) is 11.3 Å². The molecule has 118 valence electrons. The molecule has 1 N–H and O–H groups in total. The standard InChI is InChI=1S/C17H15N3O2S.H2/c1-4-22-17(21)15-10(3)20-16(23-15)11-5-6-14-12(7-11)13(8-18)9(2)19-14;/h5-7,19H,4H2,1-3H3;1H. The fraction of sp³-hybridized carbons (Fsp3) is 0.235. The van der Waals surface area contributed by atoms with E-state index in [4.69, 9.17) is 4.74 Å². The lowest BCUT2D eigenvalue weighted by Gasteiger charge is -1.98. The van der Waals surface area contributed by atoms with Crippen molar-refractivity contribution in [2.45, 2.75) is 20.8 Å². The van der Waals surface area contributed by atoms with Gasteiger partial charge in [0.1, 0.15) is 16.0 Å². The van der Waals surface area contributed by atoms with Crippen molar-refractivity contribution in [3.8, 4) is 16.6 Å². The largest absolute Gasteiger partial charge is 0.462 e. The van der Waals surface area contributed by atoms with Crippen molar-refractivity contribution in [1.29, 1.82) is 5.26 Å². The van der Waals surface area contributed by atoms with E-state index in [0.717, 1.165) is 27.2 Å². The zero-order valence-corrected chi connectivity index (χ0v) is 13.9. The number of carbonyl (C=O) groups excluding carboxylic acids is 1. The number of thiazole rings is 1. The second-order valence-corrected chi connectivity index (χ2v) is 6.15. The summed E-state index contributed by atoms with van der Waals surface area (Å²) in [7, 11) is 0. The highest BCUT2D eigenvalue weighted by Crippen LogP contribution is 2.32. The lowest BCUT2D eigenvalue weighted by atomic mass is 10.1. The van der Waals surface area contributed by atoms with E-state index in [-0.39, 0.29) is 7.40 Å². The van der Waals surface area contributed by atoms with E-state index in [9.17, 15) is 10.1 Å². The third-order valence-corrected chi connectivity index (χ3v) is 4.79. The van der Waals surface area contributed by atoms with Gasteiger partial charge in [0, 0.05) is 23.6 Å². The van der Waals surface area contributed by atoms with E-state index >= 15 is 0 Å². The fourth-order valence-corrected chi connectivity index (χ4v) is 3.47. The first-order valence-electron chi connectivity index (χ1n) is 7.22. The number of esters is 1. The summed E-state index contributed by atoms with van der Waals surface area (Å²) >= 11 is 1.31. The predicted octanol–water partition coefficient (Wildman–Crippen LogP) is 4.20. The maximum atomic E-state index is 11.9. The van der Waals surface area contributed by atoms with E-state index in [0.29, 0.717) is 22.7 Å². The van der Waals surface area contributed by atoms with Crippen LogP contribution >= 0.6 is 11.3 Å². The van der Waals surface area contributed by atoms with Crippen molar-refractivity contribution in [3.05, 3.63) is 40.0 Å². The van der Waals surface area contributed by atoms with Crippen LogP contribution in [0.2, 0.25) is 0 Å². The lowest BCUT2D eigenvalue weighted by Crippen LogP contribution is -2.03. The minimum Gasteiger partial charge on any atom is -0.462 e. The van der Waals surface area contributed by atoms with Crippen LogP contribution in [0.25, 0.3) is 21.5 Å². The molecule has 0 atom stereocenters. The van der Waals surface area contributed by atoms with Crippen molar-refractivity contribution in [2.75, 3.05) is 6.61 Å². The van der Waals surface area contributed by atoms with Crippen molar-refractivity contribution in [1.82, 2.24) is 9.97 Å². The summed E-state index contributed by atoms with van der Waals surface area (Å²) < 4.78 is 5.05. The van der Waals surface area contributed by atoms with Crippen LogP contribution in [-0.2, 0) is 4.74 Å². The number of hydrogen-bond acceptors (Lipinski definition) is 5. The minimum absolute atomic E-state index is 0. The number of rotatable bonds is 3. The van der Waals surface area contributed by atoms with Gasteiger partial charge in [-0.3, -0.25) is 0 Å². The molecule has 5 nitrogen and oxygen atoms in total. The molecule has 2 aromatic heterocycles. The molecule has 0 fully saturated rings. The van der Waals surface area contributed by atoms with Gasteiger partial charge in [-0.2, -0.15) is 5.26 Å². The number of nitrogens with one attached hydrogen (secondary N) is 1. The molecule has 3 aromatic rings. The Morgan fingerprint density at radius 2 is 2.26 bits per heavy atom. The van der Waals surface area contributed by atoms with Crippen LogP contribution in [0.3, 0.4) is 0 Å². The topological polar surface area (TPSA) is 78.8 Å². The number of fused-ring (bicyclic) bond motifs is 1. The number of H-pyrrole nitrogens is 1. The summed E-state index contributed by atoms with van der Waals surface area (Å²) in [6, 6.07) is 8.03. The molecule has 0 amide bonds. The number of benzene rings is 1. The Hall–Kier alpha value is -2.65. The second kappa shape index (κ2) is 5.86. The molecule has 1 aromatic carbocycles. The van der Waals surface area contributed by atoms with Gasteiger partial charge < -0.3 is 9.72 Å². The maximum absolute atomic E-state index is 11.9. The Labute approximate surface area is 139 Å². The highest BCUT2D eigenvalue weighted by atomic mass is 32.1. The molecule has 0 aliphatic rings. The molecule has 0 radical (unpaired) electrons. The van der Waals surface area contributed by atoms with Gasteiger partial charge in [0.15, 0.2) is 0 Å². The van der Waals surface area contributed by atoms with Crippen molar-refractivity contribution in [2.24, 2.45) is 0 Å². The number of carbonyl (C=O) groups is 1. The number of aromatic nitrogens is 2. The number of hydrogen-bond donors (Lipinski definition) is 1. The van der Waals surface area contributed by atoms with Crippen LogP contribution in [0, 0.1) is 25.2 Å². The summed E-state index contributed by atoms with van der Waals surface area (Å²) in [5.41, 5.74) is 3.95. The zero-order valence-electron chi connectivity index (χ0n) is 13.1. The molecule has 0 bridgehead atoms. The van der Waals surface area contributed by atoms with Crippen LogP contribution in [0.1, 0.15) is 35.0 Å². The first-order chi connectivity index (χ1) is 11.0. The molecule has 3 rings (SSSR count). The monoisotopic (exact) mass is 327 g/mol. The highest BCUT2D eigenvalue weighted by Gasteiger charge is 2.18. The van der Waals surface area contributed by atoms with Gasteiger partial charge in [-0.05, 0) is 39.0 Å². The number of aryl methyl sites for hydroxylation is 2. The summed E-state index contributed by atoms with van der Waals surface area (Å²) in [5.74, 6) is -0.343. The zero-order chi connectivity index (χ0) is 16.6. The number of ether oxygens (including phenoxy) is 1. The number of aromatic amines is 1. The average molecular weight is 327 g/mol. The molecule has 23 heavy (non-hydrogen) atoms. The first-order valence-corrected chi connectivity index (χ1v) is 8.04. The van der Waals surface area contributed by atoms with Crippen LogP contribution in [0.5, 0.6) is 0 Å². The Balaban J connectivity index is 0.00000208. The van der Waals surface area contributed by atoms with E-state index in [1.807, 2.05) is 25.1 Å². The van der Waals surface area contributed by atoms with Crippen LogP contribution < -0.4 is 0 Å². The third-order valence-electron chi connectivity index (χ3n) is 3.60. The fourth-order valence-electron chi connectivity index (χ4n) is 2.51. The lowest BCUT2D eigenvalue weighted by molar-refractivity contribution is 0.0531. The second-order valence-electron chi connectivity index (χ2n) is 5.15. The summed E-state index contributed by atoms with van der Waals surface area (Å²) in [4.78, 5) is 20.1. The smallest absolute Gasteiger partial charge is 0.350 e. The maximum Gasteiger partial charge on any atom is 0.350 e. The Bertz CT molecular complexity index is 953. The summed E-state index contributed by atoms with van der Waals surface area (Å²) in [6.45, 7) is 5.79. The van der Waals surface area contributed by atoms with Crippen LogP contribution in [-0.4, -0.2) is 22.5 Å². The van der Waals surface area contributed by atoms with Gasteiger partial charge in [0.25, 0.3) is 0 Å². The normalized spacial score (nSPS) is 10.7. The van der Waals surface area contributed by atoms with E-state index < -0.39 is 0 Å². The predicted molar refractivity (Wildman–Crippen MR) is 91.7 cm³/mol. The molecule has 2 heterocycles. The van der Waals surface area contributed by atoms with Gasteiger partial charge in [-0.25, -0.2) is 9.78 Å². The third kappa shape index (κ3) is 2.60. The number of nitrogens with zero attached hydrogens (tertiary/aromatic N) is 2. The molecular weight excluding hydrogens is 310 g/mol. The molecule has 0 spiro atoms. The van der Waals surface area contributed by atoms with Crippen molar-refractivity contribution in [3.63, 3.8) is 0 Å². The molecule has 0 aliphatic carbocycles. The van der Waals surface area contributed by atoms with E-state index in [2.05, 4.69) is 16.0 Å². The van der Waals surface area contributed by atoms with Gasteiger partial charge in [-0.1, -0.05) is 0 Å². The van der Waals surface area contributed by atoms with Crippen molar-refractivity contribution < 1.29 is 11.0 Å². The molecule has 0 saturated heterocycles.